The lowest BCUT2D eigenvalue weighted by molar-refractivity contribution is -0.133. The first-order valence-electron chi connectivity index (χ1n) is 9.48. The van der Waals surface area contributed by atoms with E-state index in [1.54, 1.807) is 4.90 Å². The summed E-state index contributed by atoms with van der Waals surface area (Å²) in [5, 5.41) is 12.7. The fraction of sp³-hybridized carbons (Fsp3) is 0.400. The van der Waals surface area contributed by atoms with Crippen LogP contribution in [0.3, 0.4) is 0 Å². The van der Waals surface area contributed by atoms with Crippen molar-refractivity contribution in [1.29, 1.82) is 0 Å². The third-order valence-corrected chi connectivity index (χ3v) is 5.86. The summed E-state index contributed by atoms with van der Waals surface area (Å²) in [7, 11) is 0. The smallest absolute Gasteiger partial charge is 0.294 e. The van der Waals surface area contributed by atoms with Gasteiger partial charge in [0.05, 0.1) is 0 Å². The number of aromatic nitrogens is 2. The molecule has 0 unspecified atom stereocenters. The summed E-state index contributed by atoms with van der Waals surface area (Å²) in [6.07, 6.45) is 2.88. The number of amides is 2. The Kier molecular flexibility index (Phi) is 4.60. The molecule has 29 heavy (non-hydrogen) atoms. The van der Waals surface area contributed by atoms with Crippen LogP contribution in [0.1, 0.15) is 54.5 Å². The Morgan fingerprint density at radius 3 is 2.59 bits per heavy atom. The van der Waals surface area contributed by atoms with Gasteiger partial charge in [0.1, 0.15) is 17.2 Å². The molecule has 2 aliphatic rings. The molecule has 9 heteroatoms. The minimum Gasteiger partial charge on any atom is -0.501 e. The Labute approximate surface area is 165 Å². The zero-order valence-electron chi connectivity index (χ0n) is 15.9. The largest absolute Gasteiger partial charge is 0.501 e. The number of H-pyrrole nitrogens is 1. The highest BCUT2D eigenvalue weighted by Gasteiger charge is 2.55. The molecule has 2 fully saturated rings. The van der Waals surface area contributed by atoms with E-state index in [4.69, 9.17) is 0 Å². The van der Waals surface area contributed by atoms with Gasteiger partial charge in [0, 0.05) is 19.5 Å². The molecular formula is C20H21FN4O4. The summed E-state index contributed by atoms with van der Waals surface area (Å²) in [5.74, 6) is -1.77. The number of halogens is 1. The zero-order valence-corrected chi connectivity index (χ0v) is 15.9. The average Bonchev–Trinajstić information content (AvgIpc) is 3.26. The molecule has 0 aliphatic carbocycles. The number of rotatable bonds is 4. The number of hydrogen-bond acceptors (Lipinski definition) is 5. The summed E-state index contributed by atoms with van der Waals surface area (Å²) in [6.45, 7) is 1.56. The van der Waals surface area contributed by atoms with Crippen LogP contribution in [0, 0.1) is 5.82 Å². The highest BCUT2D eigenvalue weighted by Crippen LogP contribution is 2.51. The third kappa shape index (κ3) is 3.16. The van der Waals surface area contributed by atoms with Crippen molar-refractivity contribution in [3.63, 3.8) is 0 Å². The van der Waals surface area contributed by atoms with Crippen molar-refractivity contribution in [1.82, 2.24) is 20.2 Å². The first-order valence-corrected chi connectivity index (χ1v) is 9.48. The van der Waals surface area contributed by atoms with E-state index in [9.17, 15) is 23.9 Å². The first kappa shape index (κ1) is 19.1. The van der Waals surface area contributed by atoms with E-state index >= 15 is 0 Å². The van der Waals surface area contributed by atoms with Crippen LogP contribution in [0.25, 0.3) is 0 Å². The minimum atomic E-state index is -0.824. The van der Waals surface area contributed by atoms with Gasteiger partial charge in [0.15, 0.2) is 5.69 Å². The average molecular weight is 400 g/mol. The number of fused-ring (bicyclic) bond motifs is 2. The molecule has 0 atom stereocenters. The molecule has 3 N–H and O–H groups in total. The van der Waals surface area contributed by atoms with Gasteiger partial charge in [-0.1, -0.05) is 12.1 Å². The highest BCUT2D eigenvalue weighted by atomic mass is 19.1. The molecule has 0 radical (unpaired) electrons. The zero-order chi connectivity index (χ0) is 20.8. The summed E-state index contributed by atoms with van der Waals surface area (Å²) >= 11 is 0. The minimum absolute atomic E-state index is 0.0785. The summed E-state index contributed by atoms with van der Waals surface area (Å²) in [5.41, 5.74) is -1.32. The molecule has 0 spiro atoms. The molecule has 2 bridgehead atoms. The Morgan fingerprint density at radius 2 is 1.97 bits per heavy atom. The van der Waals surface area contributed by atoms with Crippen molar-refractivity contribution < 1.29 is 19.1 Å². The lowest BCUT2D eigenvalue weighted by Gasteiger charge is -2.33. The van der Waals surface area contributed by atoms with E-state index in [1.165, 1.54) is 31.2 Å². The van der Waals surface area contributed by atoms with Gasteiger partial charge in [0.25, 0.3) is 11.5 Å². The van der Waals surface area contributed by atoms with Crippen LogP contribution in [-0.2, 0) is 16.9 Å². The lowest BCUT2D eigenvalue weighted by atomic mass is 9.87. The highest BCUT2D eigenvalue weighted by molar-refractivity contribution is 5.94. The Bertz CT molecular complexity index is 1030. The molecule has 0 saturated carbocycles. The monoisotopic (exact) mass is 400 g/mol. The maximum Gasteiger partial charge on any atom is 0.294 e. The topological polar surface area (TPSA) is 115 Å². The maximum atomic E-state index is 13.0. The number of nitrogens with one attached hydrogen (secondary N) is 2. The molecule has 8 nitrogen and oxygen atoms in total. The number of nitrogens with zero attached hydrogens (tertiary/aromatic N) is 2. The van der Waals surface area contributed by atoms with E-state index in [2.05, 4.69) is 15.3 Å². The SMILES string of the molecule is CC(=O)N1C2CCC1(c1nc(C(=O)NCc3ccc(F)cc3)c(O)c(=O)[nH]1)CC2. The molecule has 2 aliphatic heterocycles. The predicted octanol–water partition coefficient (Wildman–Crippen LogP) is 1.54. The van der Waals surface area contributed by atoms with Crippen molar-refractivity contribution in [2.24, 2.45) is 0 Å². The number of aromatic amines is 1. The maximum absolute atomic E-state index is 13.0. The second-order valence-corrected chi connectivity index (χ2v) is 7.57. The molecule has 1 aromatic heterocycles. The van der Waals surface area contributed by atoms with Crippen LogP contribution >= 0.6 is 0 Å². The molecule has 152 valence electrons. The third-order valence-electron chi connectivity index (χ3n) is 5.86. The normalized spacial score (nSPS) is 22.7. The Balaban J connectivity index is 1.64. The molecule has 1 aromatic carbocycles. The second kappa shape index (κ2) is 6.98. The molecule has 2 aromatic rings. The molecule has 2 amide bonds. The fourth-order valence-electron chi connectivity index (χ4n) is 4.55. The van der Waals surface area contributed by atoms with Crippen LogP contribution in [0.5, 0.6) is 5.75 Å². The Morgan fingerprint density at radius 1 is 1.31 bits per heavy atom. The van der Waals surface area contributed by atoms with Crippen LogP contribution in [0.2, 0.25) is 0 Å². The van der Waals surface area contributed by atoms with Gasteiger partial charge >= 0.3 is 0 Å². The van der Waals surface area contributed by atoms with Gasteiger partial charge in [-0.2, -0.15) is 0 Å². The molecule has 2 saturated heterocycles. The van der Waals surface area contributed by atoms with E-state index in [0.29, 0.717) is 18.4 Å². The van der Waals surface area contributed by atoms with Crippen molar-refractivity contribution in [2.45, 2.75) is 50.7 Å². The van der Waals surface area contributed by atoms with Gasteiger partial charge in [0.2, 0.25) is 11.7 Å². The second-order valence-electron chi connectivity index (χ2n) is 7.57. The molecular weight excluding hydrogens is 379 g/mol. The van der Waals surface area contributed by atoms with Gasteiger partial charge in [-0.15, -0.1) is 0 Å². The summed E-state index contributed by atoms with van der Waals surface area (Å²) in [6, 6.07) is 5.69. The van der Waals surface area contributed by atoms with E-state index in [-0.39, 0.29) is 35.8 Å². The van der Waals surface area contributed by atoms with Crippen LogP contribution in [0.15, 0.2) is 29.1 Å². The van der Waals surface area contributed by atoms with E-state index in [0.717, 1.165) is 12.8 Å². The quantitative estimate of drug-likeness (QED) is 0.720. The number of benzene rings is 1. The standard InChI is InChI=1S/C20H21FN4O4/c1-11(26)25-14-6-8-20(25,9-7-14)19-23-15(16(27)18(29)24-19)17(28)22-10-12-2-4-13(21)5-3-12/h2-5,14,27H,6-10H2,1H3,(H,22,28)(H,23,24,29). The van der Waals surface area contributed by atoms with E-state index < -0.39 is 22.8 Å². The summed E-state index contributed by atoms with van der Waals surface area (Å²) < 4.78 is 13.0. The van der Waals surface area contributed by atoms with Crippen molar-refractivity contribution >= 4 is 11.8 Å². The molecule has 4 rings (SSSR count). The fourth-order valence-corrected chi connectivity index (χ4v) is 4.55. The van der Waals surface area contributed by atoms with Crippen molar-refractivity contribution in [3.8, 4) is 5.75 Å². The van der Waals surface area contributed by atoms with Gasteiger partial charge < -0.3 is 20.3 Å². The number of aromatic hydroxyl groups is 1. The molecule has 3 heterocycles. The number of carbonyl (C=O) groups excluding carboxylic acids is 2. The number of hydrogen-bond donors (Lipinski definition) is 3. The van der Waals surface area contributed by atoms with Crippen LogP contribution < -0.4 is 10.9 Å². The van der Waals surface area contributed by atoms with Gasteiger partial charge in [-0.05, 0) is 43.4 Å². The Hall–Kier alpha value is -3.23. The van der Waals surface area contributed by atoms with Crippen LogP contribution in [-0.4, -0.2) is 37.8 Å². The van der Waals surface area contributed by atoms with Gasteiger partial charge in [-0.25, -0.2) is 9.37 Å². The first-order chi connectivity index (χ1) is 13.8. The van der Waals surface area contributed by atoms with Gasteiger partial charge in [-0.3, -0.25) is 14.4 Å². The van der Waals surface area contributed by atoms with Crippen molar-refractivity contribution in [3.05, 3.63) is 57.5 Å². The van der Waals surface area contributed by atoms with Crippen molar-refractivity contribution in [2.75, 3.05) is 0 Å². The summed E-state index contributed by atoms with van der Waals surface area (Å²) in [4.78, 5) is 45.7. The predicted molar refractivity (Wildman–Crippen MR) is 101 cm³/mol. The van der Waals surface area contributed by atoms with E-state index in [1.807, 2.05) is 0 Å². The van der Waals surface area contributed by atoms with Crippen LogP contribution in [0.4, 0.5) is 4.39 Å². The lowest BCUT2D eigenvalue weighted by Crippen LogP contribution is -2.44. The number of carbonyl (C=O) groups is 2.